The molecule has 158 valence electrons. The van der Waals surface area contributed by atoms with E-state index in [0.717, 1.165) is 19.3 Å². The Morgan fingerprint density at radius 3 is 2.76 bits per heavy atom. The first kappa shape index (κ1) is 21.1. The minimum Gasteiger partial charge on any atom is -0.494 e. The van der Waals surface area contributed by atoms with Crippen molar-refractivity contribution in [3.05, 3.63) is 29.8 Å². The molecule has 0 radical (unpaired) electrons. The summed E-state index contributed by atoms with van der Waals surface area (Å²) in [6, 6.07) is 5.93. The number of rotatable bonds is 8. The van der Waals surface area contributed by atoms with Crippen LogP contribution in [0.1, 0.15) is 43.0 Å². The van der Waals surface area contributed by atoms with E-state index in [2.05, 4.69) is 5.32 Å². The first-order chi connectivity index (χ1) is 14.1. The number of benzene rings is 1. The van der Waals surface area contributed by atoms with Crippen molar-refractivity contribution in [3.63, 3.8) is 0 Å². The van der Waals surface area contributed by atoms with Crippen LogP contribution in [0.4, 0.5) is 0 Å². The summed E-state index contributed by atoms with van der Waals surface area (Å²) in [5.74, 6) is -0.460. The summed E-state index contributed by atoms with van der Waals surface area (Å²) >= 11 is 0. The number of hydrogen-bond donors (Lipinski definition) is 1. The van der Waals surface area contributed by atoms with E-state index in [1.807, 2.05) is 6.92 Å². The normalized spacial score (nSPS) is 21.6. The molecule has 1 N–H and O–H groups in total. The number of piperazine rings is 1. The van der Waals surface area contributed by atoms with Gasteiger partial charge in [0.1, 0.15) is 18.4 Å². The van der Waals surface area contributed by atoms with Crippen molar-refractivity contribution in [1.29, 1.82) is 0 Å². The number of carbonyl (C=O) groups is 3. The highest BCUT2D eigenvalue weighted by molar-refractivity contribution is 5.99. The highest BCUT2D eigenvalue weighted by atomic mass is 16.6. The summed E-state index contributed by atoms with van der Waals surface area (Å²) in [4.78, 5) is 39.0. The van der Waals surface area contributed by atoms with Crippen molar-refractivity contribution < 1.29 is 28.6 Å². The summed E-state index contributed by atoms with van der Waals surface area (Å²) < 4.78 is 16.2. The van der Waals surface area contributed by atoms with E-state index in [1.165, 1.54) is 4.90 Å². The Bertz CT molecular complexity index is 714. The van der Waals surface area contributed by atoms with E-state index < -0.39 is 12.0 Å². The van der Waals surface area contributed by atoms with Crippen molar-refractivity contribution in [1.82, 2.24) is 10.2 Å². The molecule has 2 fully saturated rings. The Morgan fingerprint density at radius 2 is 2.07 bits per heavy atom. The van der Waals surface area contributed by atoms with Crippen molar-refractivity contribution in [2.75, 3.05) is 32.9 Å². The monoisotopic (exact) mass is 404 g/mol. The molecule has 0 bridgehead atoms. The maximum atomic E-state index is 13.0. The van der Waals surface area contributed by atoms with Gasteiger partial charge in [-0.05, 0) is 43.5 Å². The molecule has 2 atom stereocenters. The average Bonchev–Trinajstić information content (AvgIpc) is 3.26. The van der Waals surface area contributed by atoms with Crippen LogP contribution in [-0.2, 0) is 19.1 Å². The van der Waals surface area contributed by atoms with Crippen molar-refractivity contribution >= 4 is 17.8 Å². The zero-order valence-corrected chi connectivity index (χ0v) is 16.7. The van der Waals surface area contributed by atoms with Gasteiger partial charge in [0.05, 0.1) is 19.1 Å². The molecule has 0 spiro atoms. The molecular weight excluding hydrogens is 376 g/mol. The van der Waals surface area contributed by atoms with Gasteiger partial charge in [-0.3, -0.25) is 14.4 Å². The molecule has 8 nitrogen and oxygen atoms in total. The van der Waals surface area contributed by atoms with Gasteiger partial charge in [0.2, 0.25) is 5.91 Å². The number of hydrogen-bond acceptors (Lipinski definition) is 6. The molecule has 0 aliphatic carbocycles. The summed E-state index contributed by atoms with van der Waals surface area (Å²) in [6.07, 6.45) is 2.46. The number of carbonyl (C=O) groups excluding carboxylic acids is 3. The maximum absolute atomic E-state index is 13.0. The molecular formula is C21H28N2O6. The Morgan fingerprint density at radius 1 is 1.28 bits per heavy atom. The van der Waals surface area contributed by atoms with Crippen LogP contribution in [0.5, 0.6) is 5.75 Å². The second-order valence-electron chi connectivity index (χ2n) is 7.20. The third kappa shape index (κ3) is 5.69. The molecule has 1 aromatic rings. The molecule has 2 heterocycles. The first-order valence-corrected chi connectivity index (χ1v) is 10.2. The van der Waals surface area contributed by atoms with Crippen molar-refractivity contribution in [2.45, 2.75) is 44.8 Å². The second-order valence-corrected chi connectivity index (χ2v) is 7.20. The summed E-state index contributed by atoms with van der Waals surface area (Å²) in [6.45, 7) is 4.17. The molecule has 0 aromatic heterocycles. The number of amides is 2. The van der Waals surface area contributed by atoms with Gasteiger partial charge in [0.15, 0.2) is 0 Å². The van der Waals surface area contributed by atoms with E-state index in [-0.39, 0.29) is 30.9 Å². The van der Waals surface area contributed by atoms with Gasteiger partial charge in [-0.1, -0.05) is 6.92 Å². The number of ether oxygens (including phenoxy) is 3. The lowest BCUT2D eigenvalue weighted by molar-refractivity contribution is -0.150. The van der Waals surface area contributed by atoms with Crippen LogP contribution in [-0.4, -0.2) is 67.7 Å². The third-order valence-electron chi connectivity index (χ3n) is 4.98. The van der Waals surface area contributed by atoms with Gasteiger partial charge >= 0.3 is 5.97 Å². The second kappa shape index (κ2) is 10.2. The lowest BCUT2D eigenvalue weighted by Crippen LogP contribution is -2.57. The van der Waals surface area contributed by atoms with Crippen LogP contribution >= 0.6 is 0 Å². The van der Waals surface area contributed by atoms with Gasteiger partial charge < -0.3 is 24.4 Å². The van der Waals surface area contributed by atoms with Gasteiger partial charge in [0.25, 0.3) is 5.91 Å². The van der Waals surface area contributed by atoms with Crippen LogP contribution in [0.2, 0.25) is 0 Å². The predicted molar refractivity (Wildman–Crippen MR) is 105 cm³/mol. The molecule has 8 heteroatoms. The van der Waals surface area contributed by atoms with E-state index in [0.29, 0.717) is 37.6 Å². The van der Waals surface area contributed by atoms with Gasteiger partial charge in [0, 0.05) is 25.3 Å². The first-order valence-electron chi connectivity index (χ1n) is 10.2. The van der Waals surface area contributed by atoms with E-state index >= 15 is 0 Å². The van der Waals surface area contributed by atoms with Crippen LogP contribution in [0.15, 0.2) is 24.3 Å². The maximum Gasteiger partial charge on any atom is 0.308 e. The third-order valence-corrected chi connectivity index (χ3v) is 4.98. The van der Waals surface area contributed by atoms with E-state index in [9.17, 15) is 14.4 Å². The fourth-order valence-corrected chi connectivity index (χ4v) is 3.42. The summed E-state index contributed by atoms with van der Waals surface area (Å²) in [5, 5.41) is 2.72. The summed E-state index contributed by atoms with van der Waals surface area (Å²) in [5.41, 5.74) is 0.446. The van der Waals surface area contributed by atoms with Gasteiger partial charge in [-0.15, -0.1) is 0 Å². The number of esters is 1. The lowest BCUT2D eigenvalue weighted by Gasteiger charge is -2.34. The highest BCUT2D eigenvalue weighted by Crippen LogP contribution is 2.18. The minimum absolute atomic E-state index is 0.0784. The van der Waals surface area contributed by atoms with Crippen molar-refractivity contribution in [3.8, 4) is 5.75 Å². The molecule has 3 rings (SSSR count). The summed E-state index contributed by atoms with van der Waals surface area (Å²) in [7, 11) is 0. The average molecular weight is 404 g/mol. The fraction of sp³-hybridized carbons (Fsp3) is 0.571. The van der Waals surface area contributed by atoms with Crippen LogP contribution in [0, 0.1) is 0 Å². The van der Waals surface area contributed by atoms with E-state index in [1.54, 1.807) is 24.3 Å². The predicted octanol–water partition coefficient (Wildman–Crippen LogP) is 1.53. The Hall–Kier alpha value is -2.61. The van der Waals surface area contributed by atoms with Crippen LogP contribution < -0.4 is 10.1 Å². The number of nitrogens with zero attached hydrogens (tertiary/aromatic N) is 1. The van der Waals surface area contributed by atoms with Gasteiger partial charge in [-0.25, -0.2) is 0 Å². The molecule has 1 aromatic carbocycles. The van der Waals surface area contributed by atoms with Crippen LogP contribution in [0.3, 0.4) is 0 Å². The zero-order valence-electron chi connectivity index (χ0n) is 16.7. The molecule has 0 saturated carbocycles. The van der Waals surface area contributed by atoms with Gasteiger partial charge in [-0.2, -0.15) is 0 Å². The molecule has 2 aliphatic rings. The molecule has 2 saturated heterocycles. The molecule has 0 unspecified atom stereocenters. The zero-order chi connectivity index (χ0) is 20.6. The molecule has 2 amide bonds. The van der Waals surface area contributed by atoms with Crippen molar-refractivity contribution in [2.24, 2.45) is 0 Å². The fourth-order valence-electron chi connectivity index (χ4n) is 3.42. The topological polar surface area (TPSA) is 94.2 Å². The SMILES string of the molecule is CCCOc1ccc(C(=O)N2CCNC(=O)[C@H]2CC(=O)OC[C@@H]2CCCO2)cc1. The van der Waals surface area contributed by atoms with E-state index in [4.69, 9.17) is 14.2 Å². The minimum atomic E-state index is -0.885. The molecule has 2 aliphatic heterocycles. The number of nitrogens with one attached hydrogen (secondary N) is 1. The highest BCUT2D eigenvalue weighted by Gasteiger charge is 2.35. The Kier molecular flexibility index (Phi) is 7.46. The van der Waals surface area contributed by atoms with Crippen LogP contribution in [0.25, 0.3) is 0 Å². The Labute approximate surface area is 170 Å². The standard InChI is InChI=1S/C21H28N2O6/c1-2-11-27-16-7-5-15(6-8-16)21(26)23-10-9-22-20(25)18(23)13-19(24)29-14-17-4-3-12-28-17/h5-8,17-18H,2-4,9-14H2,1H3,(H,22,25)/t17-,18+/m0/s1. The Balaban J connectivity index is 1.61. The quantitative estimate of drug-likeness (QED) is 0.661. The lowest BCUT2D eigenvalue weighted by atomic mass is 10.1. The smallest absolute Gasteiger partial charge is 0.308 e. The largest absolute Gasteiger partial charge is 0.494 e. The molecule has 29 heavy (non-hydrogen) atoms.